The maximum absolute atomic E-state index is 12.2. The Morgan fingerprint density at radius 1 is 1.29 bits per heavy atom. The molecule has 1 N–H and O–H groups in total. The highest BCUT2D eigenvalue weighted by atomic mass is 32.2. The highest BCUT2D eigenvalue weighted by molar-refractivity contribution is 7.84. The Balaban J connectivity index is 2.18. The summed E-state index contributed by atoms with van der Waals surface area (Å²) in [5.74, 6) is -0.153. The molecular weight excluding hydrogens is 286 g/mol. The lowest BCUT2D eigenvalue weighted by atomic mass is 10.1. The Bertz CT molecular complexity index is 646. The van der Waals surface area contributed by atoms with E-state index in [2.05, 4.69) is 15.3 Å². The minimum Gasteiger partial charge on any atom is -0.345 e. The fourth-order valence-corrected chi connectivity index (χ4v) is 2.48. The van der Waals surface area contributed by atoms with Crippen LogP contribution in [0.15, 0.2) is 47.9 Å². The molecule has 0 spiro atoms. The van der Waals surface area contributed by atoms with Gasteiger partial charge in [0.2, 0.25) is 0 Å². The van der Waals surface area contributed by atoms with Crippen LogP contribution >= 0.6 is 0 Å². The number of carbonyl (C=O) groups excluding carboxylic acids is 1. The highest BCUT2D eigenvalue weighted by Gasteiger charge is 2.15. The number of nitrogens with zero attached hydrogens (tertiary/aromatic N) is 2. The van der Waals surface area contributed by atoms with Crippen molar-refractivity contribution in [3.63, 3.8) is 0 Å². The summed E-state index contributed by atoms with van der Waals surface area (Å²) in [5.41, 5.74) is 1.47. The first-order valence-corrected chi connectivity index (χ1v) is 8.18. The highest BCUT2D eigenvalue weighted by Crippen LogP contribution is 2.18. The van der Waals surface area contributed by atoms with Gasteiger partial charge >= 0.3 is 0 Å². The van der Waals surface area contributed by atoms with Crippen LogP contribution in [-0.4, -0.2) is 26.3 Å². The molecule has 2 atom stereocenters. The van der Waals surface area contributed by atoms with Crippen molar-refractivity contribution in [1.29, 1.82) is 0 Å². The van der Waals surface area contributed by atoms with Crippen molar-refractivity contribution >= 4 is 16.7 Å². The van der Waals surface area contributed by atoms with Crippen molar-refractivity contribution in [3.05, 3.63) is 54.0 Å². The molecule has 5 nitrogen and oxygen atoms in total. The molecule has 2 rings (SSSR count). The molecule has 0 fully saturated rings. The Morgan fingerprint density at radius 3 is 2.62 bits per heavy atom. The summed E-state index contributed by atoms with van der Waals surface area (Å²) < 4.78 is 11.5. The largest absolute Gasteiger partial charge is 0.345 e. The molecule has 0 aliphatic heterocycles. The van der Waals surface area contributed by atoms with Gasteiger partial charge in [-0.05, 0) is 36.2 Å². The summed E-state index contributed by atoms with van der Waals surface area (Å²) in [4.78, 5) is 20.2. The van der Waals surface area contributed by atoms with E-state index in [1.54, 1.807) is 43.0 Å². The van der Waals surface area contributed by atoms with Crippen LogP contribution < -0.4 is 5.32 Å². The molecule has 0 aliphatic rings. The van der Waals surface area contributed by atoms with Crippen LogP contribution in [0, 0.1) is 0 Å². The summed E-state index contributed by atoms with van der Waals surface area (Å²) >= 11 is 0. The summed E-state index contributed by atoms with van der Waals surface area (Å²) in [7, 11) is -1.14. The van der Waals surface area contributed by atoms with E-state index in [1.165, 1.54) is 0 Å². The fraction of sp³-hybridized carbons (Fsp3) is 0.267. The van der Waals surface area contributed by atoms with Crippen molar-refractivity contribution in [2.45, 2.75) is 24.4 Å². The Morgan fingerprint density at radius 2 is 2.00 bits per heavy atom. The minimum absolute atomic E-state index is 0.143. The fourth-order valence-electron chi connectivity index (χ4n) is 1.96. The van der Waals surface area contributed by atoms with Crippen LogP contribution in [0.1, 0.15) is 35.3 Å². The molecule has 0 aromatic carbocycles. The Hall–Kier alpha value is -2.08. The van der Waals surface area contributed by atoms with Crippen molar-refractivity contribution in [3.8, 4) is 0 Å². The number of nitrogens with one attached hydrogen (secondary N) is 1. The van der Waals surface area contributed by atoms with Crippen molar-refractivity contribution < 1.29 is 9.00 Å². The van der Waals surface area contributed by atoms with Crippen molar-refractivity contribution in [1.82, 2.24) is 15.3 Å². The van der Waals surface area contributed by atoms with Gasteiger partial charge in [0.15, 0.2) is 0 Å². The van der Waals surface area contributed by atoms with Crippen LogP contribution in [0.25, 0.3) is 0 Å². The lowest BCUT2D eigenvalue weighted by Gasteiger charge is -2.17. The standard InChI is InChI=1S/C15H17N3O2S/c1-3-13(12-6-9-17-14(10-12)21(2)20)18-15(19)11-4-7-16-8-5-11/h4-10,13H,3H2,1-2H3,(H,18,19)/t13-,21?/m0/s1. The number of carbonyl (C=O) groups is 1. The van der Waals surface area contributed by atoms with Crippen molar-refractivity contribution in [2.75, 3.05) is 6.26 Å². The van der Waals surface area contributed by atoms with Crippen LogP contribution in [0.3, 0.4) is 0 Å². The summed E-state index contributed by atoms with van der Waals surface area (Å²) in [5, 5.41) is 3.49. The maximum Gasteiger partial charge on any atom is 0.251 e. The van der Waals surface area contributed by atoms with E-state index in [1.807, 2.05) is 13.0 Å². The molecule has 2 aromatic heterocycles. The van der Waals surface area contributed by atoms with E-state index < -0.39 is 10.8 Å². The van der Waals surface area contributed by atoms with Crippen LogP contribution in [0.5, 0.6) is 0 Å². The number of hydrogen-bond donors (Lipinski definition) is 1. The van der Waals surface area contributed by atoms with Crippen LogP contribution in [0.4, 0.5) is 0 Å². The zero-order valence-corrected chi connectivity index (χ0v) is 12.8. The monoisotopic (exact) mass is 303 g/mol. The third kappa shape index (κ3) is 3.95. The number of amides is 1. The molecular formula is C15H17N3O2S. The summed E-state index contributed by atoms with van der Waals surface area (Å²) in [6, 6.07) is 6.80. The second kappa shape index (κ2) is 7.08. The molecule has 110 valence electrons. The van der Waals surface area contributed by atoms with Gasteiger partial charge in [-0.2, -0.15) is 0 Å². The third-order valence-corrected chi connectivity index (χ3v) is 3.92. The van der Waals surface area contributed by atoms with E-state index in [0.29, 0.717) is 10.6 Å². The van der Waals surface area contributed by atoms with E-state index in [9.17, 15) is 9.00 Å². The van der Waals surface area contributed by atoms with E-state index in [-0.39, 0.29) is 11.9 Å². The zero-order chi connectivity index (χ0) is 15.2. The van der Waals surface area contributed by atoms with Gasteiger partial charge in [-0.1, -0.05) is 6.92 Å². The molecule has 0 saturated heterocycles. The molecule has 1 amide bonds. The molecule has 0 bridgehead atoms. The lowest BCUT2D eigenvalue weighted by molar-refractivity contribution is 0.0935. The summed E-state index contributed by atoms with van der Waals surface area (Å²) in [6.07, 6.45) is 7.10. The number of aromatic nitrogens is 2. The molecule has 0 radical (unpaired) electrons. The van der Waals surface area contributed by atoms with Crippen LogP contribution in [-0.2, 0) is 10.8 Å². The lowest BCUT2D eigenvalue weighted by Crippen LogP contribution is -2.28. The molecule has 1 unspecified atom stereocenters. The number of hydrogen-bond acceptors (Lipinski definition) is 4. The molecule has 21 heavy (non-hydrogen) atoms. The normalized spacial score (nSPS) is 13.4. The number of pyridine rings is 2. The molecule has 0 saturated carbocycles. The second-order valence-corrected chi connectivity index (χ2v) is 5.88. The van der Waals surface area contributed by atoms with Gasteiger partial charge in [-0.3, -0.25) is 14.0 Å². The molecule has 0 aliphatic carbocycles. The zero-order valence-electron chi connectivity index (χ0n) is 11.9. The molecule has 6 heteroatoms. The predicted octanol–water partition coefficient (Wildman–Crippen LogP) is 2.10. The van der Waals surface area contributed by atoms with Gasteiger partial charge in [0, 0.05) is 30.4 Å². The summed E-state index contributed by atoms with van der Waals surface area (Å²) in [6.45, 7) is 1.99. The first-order chi connectivity index (χ1) is 10.1. The van der Waals surface area contributed by atoms with Crippen molar-refractivity contribution in [2.24, 2.45) is 0 Å². The van der Waals surface area contributed by atoms with Gasteiger partial charge < -0.3 is 5.32 Å². The Labute approximate surface area is 126 Å². The van der Waals surface area contributed by atoms with E-state index >= 15 is 0 Å². The van der Waals surface area contributed by atoms with Gasteiger partial charge in [0.05, 0.1) is 16.8 Å². The first-order valence-electron chi connectivity index (χ1n) is 6.62. The van der Waals surface area contributed by atoms with Gasteiger partial charge in [-0.15, -0.1) is 0 Å². The van der Waals surface area contributed by atoms with Gasteiger partial charge in [-0.25, -0.2) is 4.98 Å². The second-order valence-electron chi connectivity index (χ2n) is 4.55. The van der Waals surface area contributed by atoms with E-state index in [4.69, 9.17) is 0 Å². The van der Waals surface area contributed by atoms with Gasteiger partial charge in [0.25, 0.3) is 5.91 Å². The first kappa shape index (κ1) is 15.3. The van der Waals surface area contributed by atoms with Crippen LogP contribution in [0.2, 0.25) is 0 Å². The smallest absolute Gasteiger partial charge is 0.251 e. The average Bonchev–Trinajstić information content (AvgIpc) is 2.53. The Kier molecular flexibility index (Phi) is 5.16. The predicted molar refractivity (Wildman–Crippen MR) is 81.3 cm³/mol. The maximum atomic E-state index is 12.2. The third-order valence-electron chi connectivity index (χ3n) is 3.11. The quantitative estimate of drug-likeness (QED) is 0.918. The number of rotatable bonds is 5. The average molecular weight is 303 g/mol. The topological polar surface area (TPSA) is 72.0 Å². The minimum atomic E-state index is -1.14. The van der Waals surface area contributed by atoms with Gasteiger partial charge in [0.1, 0.15) is 5.03 Å². The SMILES string of the molecule is CC[C@H](NC(=O)c1ccncc1)c1ccnc(S(C)=O)c1. The molecule has 2 heterocycles. The van der Waals surface area contributed by atoms with E-state index in [0.717, 1.165) is 12.0 Å². The molecule has 2 aromatic rings.